The lowest BCUT2D eigenvalue weighted by atomic mass is 10.1. The Labute approximate surface area is 138 Å². The minimum Gasteiger partial charge on any atom is -0.507 e. The van der Waals surface area contributed by atoms with Crippen LogP contribution in [0.2, 0.25) is 0 Å². The second kappa shape index (κ2) is 6.08. The number of amides is 2. The Morgan fingerprint density at radius 3 is 2.46 bits per heavy atom. The van der Waals surface area contributed by atoms with Crippen LogP contribution >= 0.6 is 0 Å². The normalized spacial score (nSPS) is 10.6. The third-order valence-electron chi connectivity index (χ3n) is 3.77. The lowest BCUT2D eigenvalue weighted by Gasteiger charge is -2.07. The van der Waals surface area contributed by atoms with Crippen molar-refractivity contribution in [3.8, 4) is 5.75 Å². The van der Waals surface area contributed by atoms with E-state index < -0.39 is 11.8 Å². The monoisotopic (exact) mass is 323 g/mol. The number of phenols is 1. The molecule has 2 aromatic carbocycles. The number of hydrazine groups is 1. The predicted molar refractivity (Wildman–Crippen MR) is 90.8 cm³/mol. The van der Waals surface area contributed by atoms with E-state index in [1.54, 1.807) is 18.2 Å². The van der Waals surface area contributed by atoms with Crippen molar-refractivity contribution in [2.75, 3.05) is 0 Å². The molecule has 3 aromatic rings. The molecule has 0 saturated carbocycles. The number of aromatic amines is 1. The summed E-state index contributed by atoms with van der Waals surface area (Å²) in [6.07, 6.45) is 0. The number of aromatic hydroxyl groups is 1. The molecule has 0 radical (unpaired) electrons. The summed E-state index contributed by atoms with van der Waals surface area (Å²) in [4.78, 5) is 27.2. The van der Waals surface area contributed by atoms with Gasteiger partial charge in [0.15, 0.2) is 0 Å². The Morgan fingerprint density at radius 2 is 1.71 bits per heavy atom. The zero-order chi connectivity index (χ0) is 17.3. The molecule has 0 spiro atoms. The van der Waals surface area contributed by atoms with Crippen LogP contribution in [0.15, 0.2) is 42.5 Å². The minimum atomic E-state index is -0.593. The fourth-order valence-corrected chi connectivity index (χ4v) is 2.64. The average Bonchev–Trinajstić information content (AvgIpc) is 2.97. The Bertz CT molecular complexity index is 944. The minimum absolute atomic E-state index is 0.0842. The smallest absolute Gasteiger partial charge is 0.286 e. The molecule has 0 aliphatic heterocycles. The van der Waals surface area contributed by atoms with Gasteiger partial charge in [-0.1, -0.05) is 18.2 Å². The molecular weight excluding hydrogens is 306 g/mol. The van der Waals surface area contributed by atoms with Crippen molar-refractivity contribution in [3.63, 3.8) is 0 Å². The molecular formula is C18H17N3O3. The Kier molecular flexibility index (Phi) is 3.95. The van der Waals surface area contributed by atoms with Crippen molar-refractivity contribution in [2.45, 2.75) is 13.8 Å². The lowest BCUT2D eigenvalue weighted by Crippen LogP contribution is -2.41. The van der Waals surface area contributed by atoms with Crippen LogP contribution in [-0.4, -0.2) is 21.9 Å². The number of nitrogens with one attached hydrogen (secondary N) is 3. The fourth-order valence-electron chi connectivity index (χ4n) is 2.64. The zero-order valence-electron chi connectivity index (χ0n) is 13.3. The largest absolute Gasteiger partial charge is 0.507 e. The molecule has 0 unspecified atom stereocenters. The second-order valence-corrected chi connectivity index (χ2v) is 5.65. The molecule has 0 atom stereocenters. The first-order valence-electron chi connectivity index (χ1n) is 7.44. The predicted octanol–water partition coefficient (Wildman–Crippen LogP) is 2.57. The van der Waals surface area contributed by atoms with Gasteiger partial charge < -0.3 is 10.1 Å². The number of H-pyrrole nitrogens is 1. The van der Waals surface area contributed by atoms with Crippen molar-refractivity contribution in [2.24, 2.45) is 0 Å². The lowest BCUT2D eigenvalue weighted by molar-refractivity contribution is 0.0843. The molecule has 1 aromatic heterocycles. The van der Waals surface area contributed by atoms with Gasteiger partial charge in [0.05, 0.1) is 5.56 Å². The van der Waals surface area contributed by atoms with Crippen LogP contribution in [-0.2, 0) is 0 Å². The van der Waals surface area contributed by atoms with Crippen molar-refractivity contribution >= 4 is 22.7 Å². The van der Waals surface area contributed by atoms with Crippen LogP contribution < -0.4 is 10.9 Å². The van der Waals surface area contributed by atoms with Gasteiger partial charge in [-0.05, 0) is 49.2 Å². The Balaban J connectivity index is 1.75. The van der Waals surface area contributed by atoms with E-state index in [4.69, 9.17) is 0 Å². The summed E-state index contributed by atoms with van der Waals surface area (Å²) in [6.45, 7) is 3.96. The van der Waals surface area contributed by atoms with Crippen LogP contribution in [0.3, 0.4) is 0 Å². The maximum atomic E-state index is 12.2. The molecule has 0 fully saturated rings. The molecule has 2 amide bonds. The summed E-state index contributed by atoms with van der Waals surface area (Å²) >= 11 is 0. The SMILES string of the molecule is Cc1cc(C)c2cc(C(=O)NNC(=O)c3ccccc3O)[nH]c2c1. The highest BCUT2D eigenvalue weighted by atomic mass is 16.3. The number of hydrogen-bond acceptors (Lipinski definition) is 3. The number of benzene rings is 2. The highest BCUT2D eigenvalue weighted by Crippen LogP contribution is 2.21. The second-order valence-electron chi connectivity index (χ2n) is 5.65. The summed E-state index contributed by atoms with van der Waals surface area (Å²) < 4.78 is 0. The van der Waals surface area contributed by atoms with Crippen molar-refractivity contribution < 1.29 is 14.7 Å². The van der Waals surface area contributed by atoms with Crippen LogP contribution in [0.25, 0.3) is 10.9 Å². The summed E-state index contributed by atoms with van der Waals surface area (Å²) in [7, 11) is 0. The molecule has 0 aliphatic carbocycles. The fraction of sp³-hybridized carbons (Fsp3) is 0.111. The van der Waals surface area contributed by atoms with E-state index in [2.05, 4.69) is 15.8 Å². The molecule has 6 nitrogen and oxygen atoms in total. The highest BCUT2D eigenvalue weighted by Gasteiger charge is 2.14. The summed E-state index contributed by atoms with van der Waals surface area (Å²) in [5, 5.41) is 10.6. The maximum Gasteiger partial charge on any atom is 0.286 e. The van der Waals surface area contributed by atoms with Gasteiger partial charge in [-0.2, -0.15) is 0 Å². The molecule has 4 N–H and O–H groups in total. The topological polar surface area (TPSA) is 94.2 Å². The van der Waals surface area contributed by atoms with Crippen LogP contribution in [0, 0.1) is 13.8 Å². The van der Waals surface area contributed by atoms with E-state index >= 15 is 0 Å². The van der Waals surface area contributed by atoms with Crippen LogP contribution in [0.4, 0.5) is 0 Å². The van der Waals surface area contributed by atoms with Gasteiger partial charge in [0.1, 0.15) is 11.4 Å². The summed E-state index contributed by atoms with van der Waals surface area (Å²) in [5.41, 5.74) is 8.09. The third kappa shape index (κ3) is 2.94. The van der Waals surface area contributed by atoms with Crippen LogP contribution in [0.1, 0.15) is 32.0 Å². The van der Waals surface area contributed by atoms with Crippen molar-refractivity contribution in [1.29, 1.82) is 0 Å². The maximum absolute atomic E-state index is 12.2. The first-order chi connectivity index (χ1) is 11.5. The Hall–Kier alpha value is -3.28. The molecule has 122 valence electrons. The van der Waals surface area contributed by atoms with Gasteiger partial charge in [-0.15, -0.1) is 0 Å². The molecule has 3 rings (SSSR count). The molecule has 1 heterocycles. The van der Waals surface area contributed by atoms with E-state index in [1.165, 1.54) is 12.1 Å². The number of hydrogen-bond donors (Lipinski definition) is 4. The van der Waals surface area contributed by atoms with Crippen LogP contribution in [0.5, 0.6) is 5.75 Å². The number of aromatic nitrogens is 1. The highest BCUT2D eigenvalue weighted by molar-refractivity contribution is 6.02. The first kappa shape index (κ1) is 15.6. The Morgan fingerprint density at radius 1 is 1.00 bits per heavy atom. The van der Waals surface area contributed by atoms with E-state index in [0.29, 0.717) is 5.69 Å². The van der Waals surface area contributed by atoms with E-state index in [0.717, 1.165) is 22.0 Å². The van der Waals surface area contributed by atoms with Crippen molar-refractivity contribution in [1.82, 2.24) is 15.8 Å². The number of phenolic OH excluding ortho intramolecular Hbond substituents is 1. The number of aryl methyl sites for hydroxylation is 2. The third-order valence-corrected chi connectivity index (χ3v) is 3.77. The van der Waals surface area contributed by atoms with Crippen molar-refractivity contribution in [3.05, 3.63) is 64.8 Å². The van der Waals surface area contributed by atoms with E-state index in [-0.39, 0.29) is 11.3 Å². The number of rotatable bonds is 2. The zero-order valence-corrected chi connectivity index (χ0v) is 13.3. The standard InChI is InChI=1S/C18H17N3O3/c1-10-7-11(2)13-9-15(19-14(13)8-10)18(24)21-20-17(23)12-5-3-4-6-16(12)22/h3-9,19,22H,1-2H3,(H,20,23)(H,21,24). The molecule has 24 heavy (non-hydrogen) atoms. The molecule has 0 saturated heterocycles. The van der Waals surface area contributed by atoms with E-state index in [1.807, 2.05) is 26.0 Å². The molecule has 0 bridgehead atoms. The van der Waals surface area contributed by atoms with Gasteiger partial charge in [0.25, 0.3) is 11.8 Å². The molecule has 0 aliphatic rings. The van der Waals surface area contributed by atoms with Gasteiger partial charge in [0, 0.05) is 10.9 Å². The van der Waals surface area contributed by atoms with Gasteiger partial charge in [-0.25, -0.2) is 0 Å². The first-order valence-corrected chi connectivity index (χ1v) is 7.44. The summed E-state index contributed by atoms with van der Waals surface area (Å²) in [6, 6.07) is 11.8. The van der Waals surface area contributed by atoms with Gasteiger partial charge in [-0.3, -0.25) is 20.4 Å². The number of carbonyl (C=O) groups excluding carboxylic acids is 2. The summed E-state index contributed by atoms with van der Waals surface area (Å²) in [5.74, 6) is -1.21. The number of para-hydroxylation sites is 1. The van der Waals surface area contributed by atoms with Gasteiger partial charge >= 0.3 is 0 Å². The number of fused-ring (bicyclic) bond motifs is 1. The number of carbonyl (C=O) groups is 2. The quantitative estimate of drug-likeness (QED) is 0.546. The van der Waals surface area contributed by atoms with E-state index in [9.17, 15) is 14.7 Å². The van der Waals surface area contributed by atoms with Gasteiger partial charge in [0.2, 0.25) is 0 Å². The molecule has 6 heteroatoms. The average molecular weight is 323 g/mol.